The molecule has 2 N–H and O–H groups in total. The van der Waals surface area contributed by atoms with Crippen LogP contribution in [0.25, 0.3) is 5.69 Å². The summed E-state index contributed by atoms with van der Waals surface area (Å²) >= 11 is 3.08. The predicted octanol–water partition coefficient (Wildman–Crippen LogP) is 2.53. The van der Waals surface area contributed by atoms with E-state index in [1.54, 1.807) is 6.07 Å². The fourth-order valence-corrected chi connectivity index (χ4v) is 2.54. The molecule has 2 aromatic rings. The molecule has 0 spiro atoms. The van der Waals surface area contributed by atoms with Crippen LogP contribution in [0.5, 0.6) is 0 Å². The highest BCUT2D eigenvalue weighted by molar-refractivity contribution is 9.10. The molecule has 0 amide bonds. The molecule has 118 valence electrons. The number of ether oxygens (including phenoxy) is 1. The van der Waals surface area contributed by atoms with Crippen molar-refractivity contribution in [3.8, 4) is 11.8 Å². The highest BCUT2D eigenvalue weighted by Gasteiger charge is 2.30. The summed E-state index contributed by atoms with van der Waals surface area (Å²) in [4.78, 5) is 22.2. The molecule has 0 saturated carbocycles. The fourth-order valence-electron chi connectivity index (χ4n) is 2.02. The number of nitrogens with zero attached hydrogens (tertiary/aromatic N) is 3. The number of nitrogen functional groups attached to an aromatic ring is 1. The topological polar surface area (TPSA) is 124 Å². The lowest BCUT2D eigenvalue weighted by atomic mass is 10.2. The van der Waals surface area contributed by atoms with Gasteiger partial charge in [0, 0.05) is 10.7 Å². The smallest absolute Gasteiger partial charge is 0.357 e. The molecular weight excluding hydrogens is 375 g/mol. The quantitative estimate of drug-likeness (QED) is 0.493. The van der Waals surface area contributed by atoms with Crippen LogP contribution in [0.1, 0.15) is 16.1 Å². The molecule has 1 aromatic heterocycles. The number of nitriles is 1. The van der Waals surface area contributed by atoms with E-state index in [1.807, 2.05) is 0 Å². The molecule has 23 heavy (non-hydrogen) atoms. The van der Waals surface area contributed by atoms with Crippen LogP contribution < -0.4 is 5.73 Å². The SMILES string of the molecule is COC(=O)c1c(N)c(C#N)cn1-c1c(Br)ccc(F)c1[N+](=O)[O-]. The van der Waals surface area contributed by atoms with Crippen molar-refractivity contribution >= 4 is 33.3 Å². The minimum atomic E-state index is -1.10. The van der Waals surface area contributed by atoms with Crippen LogP contribution in [0.3, 0.4) is 0 Å². The molecule has 0 saturated heterocycles. The van der Waals surface area contributed by atoms with E-state index in [4.69, 9.17) is 11.0 Å². The zero-order valence-electron chi connectivity index (χ0n) is 11.5. The minimum absolute atomic E-state index is 0.101. The molecule has 10 heteroatoms. The van der Waals surface area contributed by atoms with Crippen molar-refractivity contribution in [3.63, 3.8) is 0 Å². The molecule has 0 radical (unpaired) electrons. The van der Waals surface area contributed by atoms with Crippen LogP contribution in [0.15, 0.2) is 22.8 Å². The Balaban J connectivity index is 2.94. The van der Waals surface area contributed by atoms with Gasteiger partial charge in [0.05, 0.1) is 23.3 Å². The summed E-state index contributed by atoms with van der Waals surface area (Å²) in [5, 5.41) is 20.2. The Labute approximate surface area is 137 Å². The molecule has 0 aliphatic rings. The Bertz CT molecular complexity index is 872. The zero-order valence-corrected chi connectivity index (χ0v) is 13.1. The zero-order chi connectivity index (χ0) is 17.3. The van der Waals surface area contributed by atoms with Gasteiger partial charge in [-0.1, -0.05) is 0 Å². The third-order valence-corrected chi connectivity index (χ3v) is 3.66. The second-order valence-corrected chi connectivity index (χ2v) is 5.12. The first-order chi connectivity index (χ1) is 10.8. The van der Waals surface area contributed by atoms with E-state index in [1.165, 1.54) is 6.07 Å². The fraction of sp³-hybridized carbons (Fsp3) is 0.0769. The first-order valence-corrected chi connectivity index (χ1v) is 6.74. The van der Waals surface area contributed by atoms with Crippen LogP contribution in [0.4, 0.5) is 15.8 Å². The van der Waals surface area contributed by atoms with Gasteiger partial charge in [0.15, 0.2) is 5.69 Å². The summed E-state index contributed by atoms with van der Waals surface area (Å²) in [5.74, 6) is -2.02. The molecule has 0 aliphatic carbocycles. The van der Waals surface area contributed by atoms with Crippen molar-refractivity contribution in [3.05, 3.63) is 50.0 Å². The summed E-state index contributed by atoms with van der Waals surface area (Å²) in [6, 6.07) is 3.90. The normalized spacial score (nSPS) is 10.2. The Morgan fingerprint density at radius 1 is 1.57 bits per heavy atom. The average Bonchev–Trinajstić information content (AvgIpc) is 2.84. The minimum Gasteiger partial charge on any atom is -0.464 e. The van der Waals surface area contributed by atoms with Crippen LogP contribution in [0.2, 0.25) is 0 Å². The maximum Gasteiger partial charge on any atom is 0.357 e. The lowest BCUT2D eigenvalue weighted by Crippen LogP contribution is -2.13. The van der Waals surface area contributed by atoms with Gasteiger partial charge in [-0.15, -0.1) is 0 Å². The highest BCUT2D eigenvalue weighted by atomic mass is 79.9. The molecule has 2 rings (SSSR count). The number of nitro groups is 1. The van der Waals surface area contributed by atoms with Crippen molar-refractivity contribution < 1.29 is 18.8 Å². The number of hydrogen-bond acceptors (Lipinski definition) is 6. The molecule has 0 aliphatic heterocycles. The van der Waals surface area contributed by atoms with Crippen molar-refractivity contribution in [2.45, 2.75) is 0 Å². The first kappa shape index (κ1) is 16.4. The van der Waals surface area contributed by atoms with Gasteiger partial charge < -0.3 is 15.0 Å². The van der Waals surface area contributed by atoms with E-state index in [0.717, 1.165) is 23.9 Å². The molecule has 1 aromatic carbocycles. The van der Waals surface area contributed by atoms with Crippen molar-refractivity contribution in [2.24, 2.45) is 0 Å². The maximum absolute atomic E-state index is 13.9. The first-order valence-electron chi connectivity index (χ1n) is 5.95. The summed E-state index contributed by atoms with van der Waals surface area (Å²) in [6.45, 7) is 0. The van der Waals surface area contributed by atoms with Crippen LogP contribution in [-0.2, 0) is 4.74 Å². The number of rotatable bonds is 3. The van der Waals surface area contributed by atoms with E-state index in [9.17, 15) is 19.3 Å². The molecular formula is C13H8BrFN4O4. The van der Waals surface area contributed by atoms with E-state index in [0.29, 0.717) is 0 Å². The number of nitrogens with two attached hydrogens (primary N) is 1. The number of nitro benzene ring substituents is 1. The molecule has 8 nitrogen and oxygen atoms in total. The van der Waals surface area contributed by atoms with E-state index < -0.39 is 22.4 Å². The van der Waals surface area contributed by atoms with Crippen LogP contribution in [-0.4, -0.2) is 22.6 Å². The molecule has 0 unspecified atom stereocenters. The summed E-state index contributed by atoms with van der Waals surface area (Å²) in [7, 11) is 1.08. The van der Waals surface area contributed by atoms with Gasteiger partial charge in [-0.2, -0.15) is 9.65 Å². The largest absolute Gasteiger partial charge is 0.464 e. The highest BCUT2D eigenvalue weighted by Crippen LogP contribution is 2.36. The van der Waals surface area contributed by atoms with E-state index in [2.05, 4.69) is 20.7 Å². The van der Waals surface area contributed by atoms with Gasteiger partial charge in [-0.25, -0.2) is 4.79 Å². The standard InChI is InChI=1S/C13H8BrFN4O4/c1-23-13(20)12-9(17)6(4-16)5-18(12)10-7(14)2-3-8(15)11(10)19(21)22/h2-3,5H,17H2,1H3. The summed E-state index contributed by atoms with van der Waals surface area (Å²) in [5.41, 5.74) is 3.95. The summed E-state index contributed by atoms with van der Waals surface area (Å²) in [6.07, 6.45) is 1.11. The Morgan fingerprint density at radius 3 is 2.74 bits per heavy atom. The molecule has 0 bridgehead atoms. The van der Waals surface area contributed by atoms with Crippen LogP contribution >= 0.6 is 15.9 Å². The molecule has 1 heterocycles. The van der Waals surface area contributed by atoms with Gasteiger partial charge in [-0.05, 0) is 28.1 Å². The molecule has 0 fully saturated rings. The van der Waals surface area contributed by atoms with E-state index >= 15 is 0 Å². The number of carbonyl (C=O) groups is 1. The van der Waals surface area contributed by atoms with Gasteiger partial charge in [0.25, 0.3) is 0 Å². The third-order valence-electron chi connectivity index (χ3n) is 3.02. The van der Waals surface area contributed by atoms with Crippen LogP contribution in [0, 0.1) is 27.3 Å². The Morgan fingerprint density at radius 2 is 2.22 bits per heavy atom. The second-order valence-electron chi connectivity index (χ2n) is 4.26. The number of methoxy groups -OCH3 is 1. The van der Waals surface area contributed by atoms with Gasteiger partial charge in [-0.3, -0.25) is 10.1 Å². The number of anilines is 1. The number of benzene rings is 1. The second kappa shape index (κ2) is 6.05. The number of esters is 1. The maximum atomic E-state index is 13.9. The number of aromatic nitrogens is 1. The van der Waals surface area contributed by atoms with Gasteiger partial charge in [0.1, 0.15) is 11.8 Å². The number of halogens is 2. The predicted molar refractivity (Wildman–Crippen MR) is 80.5 cm³/mol. The third kappa shape index (κ3) is 2.62. The lowest BCUT2D eigenvalue weighted by molar-refractivity contribution is -0.387. The van der Waals surface area contributed by atoms with Gasteiger partial charge in [0.2, 0.25) is 5.82 Å². The van der Waals surface area contributed by atoms with Crippen molar-refractivity contribution in [2.75, 3.05) is 12.8 Å². The van der Waals surface area contributed by atoms with Gasteiger partial charge >= 0.3 is 11.7 Å². The lowest BCUT2D eigenvalue weighted by Gasteiger charge is -2.11. The molecule has 0 atom stereocenters. The average molecular weight is 383 g/mol. The summed E-state index contributed by atoms with van der Waals surface area (Å²) < 4.78 is 19.6. The number of hydrogen-bond donors (Lipinski definition) is 1. The van der Waals surface area contributed by atoms with E-state index in [-0.39, 0.29) is 27.1 Å². The van der Waals surface area contributed by atoms with Crippen molar-refractivity contribution in [1.29, 1.82) is 5.26 Å². The monoisotopic (exact) mass is 382 g/mol. The Kier molecular flexibility index (Phi) is 4.33. The Hall–Kier alpha value is -2.93. The number of carbonyl (C=O) groups excluding carboxylic acids is 1. The van der Waals surface area contributed by atoms with Crippen molar-refractivity contribution in [1.82, 2.24) is 4.57 Å².